The molecule has 0 heterocycles. The van der Waals surface area contributed by atoms with Crippen LogP contribution in [0.4, 0.5) is 0 Å². The minimum atomic E-state index is 0.670. The molecule has 0 N–H and O–H groups in total. The summed E-state index contributed by atoms with van der Waals surface area (Å²) in [6.45, 7) is 7.30. The van der Waals surface area contributed by atoms with E-state index in [1.165, 1.54) is 21.3 Å². The molecule has 0 saturated heterocycles. The fraction of sp³-hybridized carbons (Fsp3) is 1.00. The Bertz CT molecular complexity index is 136. The SMILES string of the molecule is [BH3-]P[C@@H]1C[C@H](C)CC[C@H]1C(C)C. The third kappa shape index (κ3) is 2.49. The first kappa shape index (κ1) is 10.6. The van der Waals surface area contributed by atoms with E-state index in [4.69, 9.17) is 0 Å². The average molecular weight is 185 g/mol. The minimum Gasteiger partial charge on any atom is -0.299 e. The molecule has 0 aromatic rings. The molecular weight excluding hydrogens is 162 g/mol. The molecule has 0 radical (unpaired) electrons. The van der Waals surface area contributed by atoms with E-state index in [1.54, 1.807) is 6.42 Å². The molecule has 0 amide bonds. The van der Waals surface area contributed by atoms with Crippen molar-refractivity contribution in [1.29, 1.82) is 0 Å². The van der Waals surface area contributed by atoms with Crippen molar-refractivity contribution < 1.29 is 0 Å². The highest BCUT2D eigenvalue weighted by atomic mass is 31.1. The van der Waals surface area contributed by atoms with Crippen LogP contribution in [0.2, 0.25) is 0 Å². The maximum absolute atomic E-state index is 2.45. The molecule has 1 aliphatic carbocycles. The molecule has 4 atom stereocenters. The highest BCUT2D eigenvalue weighted by molar-refractivity contribution is 7.66. The van der Waals surface area contributed by atoms with Gasteiger partial charge >= 0.3 is 0 Å². The molecule has 0 aromatic carbocycles. The number of hydrogen-bond acceptors (Lipinski definition) is 0. The van der Waals surface area contributed by atoms with Crippen LogP contribution in [-0.4, -0.2) is 13.2 Å². The highest BCUT2D eigenvalue weighted by Crippen LogP contribution is 2.41. The fourth-order valence-electron chi connectivity index (χ4n) is 2.20. The van der Waals surface area contributed by atoms with Crippen LogP contribution in [0, 0.1) is 17.8 Å². The summed E-state index contributed by atoms with van der Waals surface area (Å²) in [6, 6.07) is 0. The molecule has 1 unspecified atom stereocenters. The number of hydrogen-bond donors (Lipinski definition) is 0. The van der Waals surface area contributed by atoms with E-state index in [1.807, 2.05) is 0 Å². The highest BCUT2D eigenvalue weighted by Gasteiger charge is 2.27. The second-order valence-electron chi connectivity index (χ2n) is 4.43. The maximum atomic E-state index is 2.45. The van der Waals surface area contributed by atoms with Crippen molar-refractivity contribution >= 4 is 16.0 Å². The third-order valence-electron chi connectivity index (χ3n) is 3.02. The molecule has 0 nitrogen and oxygen atoms in total. The van der Waals surface area contributed by atoms with E-state index in [0.29, 0.717) is 7.57 Å². The average Bonchev–Trinajstić information content (AvgIpc) is 2.03. The zero-order valence-electron chi connectivity index (χ0n) is 7.93. The summed E-state index contributed by atoms with van der Waals surface area (Å²) >= 11 is 0. The van der Waals surface area contributed by atoms with Gasteiger partial charge in [-0.1, -0.05) is 32.9 Å². The Kier molecular flexibility index (Phi) is 4.10. The molecule has 0 aromatic heterocycles. The lowest BCUT2D eigenvalue weighted by atomic mass is 9.77. The summed E-state index contributed by atoms with van der Waals surface area (Å²) in [5.74, 6) is 3.08. The van der Waals surface area contributed by atoms with Gasteiger partial charge in [0.15, 0.2) is 0 Å². The lowest BCUT2D eigenvalue weighted by Gasteiger charge is -2.38. The molecule has 0 spiro atoms. The van der Waals surface area contributed by atoms with Crippen molar-refractivity contribution in [3.05, 3.63) is 0 Å². The summed E-state index contributed by atoms with van der Waals surface area (Å²) in [5, 5.41) is 0. The molecule has 0 aliphatic heterocycles. The van der Waals surface area contributed by atoms with Crippen molar-refractivity contribution in [2.45, 2.75) is 45.7 Å². The third-order valence-corrected chi connectivity index (χ3v) is 3.69. The number of rotatable bonds is 2. The Labute approximate surface area is 80.0 Å². The molecule has 0 bridgehead atoms. The van der Waals surface area contributed by atoms with E-state index >= 15 is 0 Å². The van der Waals surface area contributed by atoms with E-state index < -0.39 is 0 Å². The molecule has 12 heavy (non-hydrogen) atoms. The lowest BCUT2D eigenvalue weighted by molar-refractivity contribution is 0.243. The zero-order valence-corrected chi connectivity index (χ0v) is 8.93. The maximum Gasteiger partial charge on any atom is -0.0248 e. The van der Waals surface area contributed by atoms with Gasteiger partial charge in [-0.2, -0.15) is 0 Å². The van der Waals surface area contributed by atoms with Crippen LogP contribution in [0.3, 0.4) is 0 Å². The first-order valence-electron chi connectivity index (χ1n) is 4.82. The van der Waals surface area contributed by atoms with E-state index in [-0.39, 0.29) is 0 Å². The van der Waals surface area contributed by atoms with E-state index in [9.17, 15) is 0 Å². The smallest absolute Gasteiger partial charge is 0.0248 e. The topological polar surface area (TPSA) is 0 Å². The summed E-state index contributed by atoms with van der Waals surface area (Å²) in [7, 11) is 2.09. The molecular formula is C10H23BP-. The molecule has 1 fully saturated rings. The standard InChI is InChI=1S/C10H23BP/c1-7(2)9-5-4-8(3)6-10(9)12-11/h7-10,12H,4-6H2,1-3,11H3/q-1/t8-,9+,10-/m1/s1. The largest absolute Gasteiger partial charge is 0.299 e. The Morgan fingerprint density at radius 1 is 1.33 bits per heavy atom. The van der Waals surface area contributed by atoms with Crippen LogP contribution < -0.4 is 0 Å². The van der Waals surface area contributed by atoms with Gasteiger partial charge in [-0.15, -0.1) is 0 Å². The minimum absolute atomic E-state index is 0.670. The first-order chi connectivity index (χ1) is 5.65. The second kappa shape index (κ2) is 4.65. The van der Waals surface area contributed by atoms with Gasteiger partial charge in [0.05, 0.1) is 0 Å². The van der Waals surface area contributed by atoms with Crippen LogP contribution in [0.15, 0.2) is 0 Å². The van der Waals surface area contributed by atoms with Gasteiger partial charge in [-0.3, -0.25) is 8.46 Å². The van der Waals surface area contributed by atoms with Gasteiger partial charge in [0.25, 0.3) is 0 Å². The van der Waals surface area contributed by atoms with Crippen LogP contribution in [0.1, 0.15) is 40.0 Å². The van der Waals surface area contributed by atoms with Crippen molar-refractivity contribution in [2.75, 3.05) is 0 Å². The van der Waals surface area contributed by atoms with Crippen molar-refractivity contribution in [3.63, 3.8) is 0 Å². The van der Waals surface area contributed by atoms with Crippen molar-refractivity contribution in [2.24, 2.45) is 17.8 Å². The molecule has 1 saturated carbocycles. The van der Waals surface area contributed by atoms with Gasteiger partial charge in [-0.25, -0.2) is 0 Å². The Morgan fingerprint density at radius 3 is 2.50 bits per heavy atom. The van der Waals surface area contributed by atoms with E-state index in [2.05, 4.69) is 20.8 Å². The first-order valence-corrected chi connectivity index (χ1v) is 5.40. The lowest BCUT2D eigenvalue weighted by Crippen LogP contribution is -2.28. The van der Waals surface area contributed by atoms with Gasteiger partial charge in [0, 0.05) is 0 Å². The predicted octanol–water partition coefficient (Wildman–Crippen LogP) is 2.41. The summed E-state index contributed by atoms with van der Waals surface area (Å²) < 4.78 is 0. The predicted molar refractivity (Wildman–Crippen MR) is 63.4 cm³/mol. The van der Waals surface area contributed by atoms with Crippen molar-refractivity contribution in [1.82, 2.24) is 0 Å². The van der Waals surface area contributed by atoms with Gasteiger partial charge in [0.2, 0.25) is 0 Å². The van der Waals surface area contributed by atoms with Gasteiger partial charge < -0.3 is 0 Å². The second-order valence-corrected chi connectivity index (χ2v) is 5.17. The molecule has 72 valence electrons. The Balaban J connectivity index is 2.50. The summed E-state index contributed by atoms with van der Waals surface area (Å²) in [5.41, 5.74) is 1.16. The van der Waals surface area contributed by atoms with Gasteiger partial charge in [0.1, 0.15) is 0 Å². The normalized spacial score (nSPS) is 38.2. The van der Waals surface area contributed by atoms with Gasteiger partial charge in [-0.05, 0) is 38.2 Å². The summed E-state index contributed by atoms with van der Waals surface area (Å²) in [6.07, 6.45) is 4.59. The quantitative estimate of drug-likeness (QED) is 0.457. The molecule has 1 rings (SSSR count). The Morgan fingerprint density at radius 2 is 2.00 bits per heavy atom. The van der Waals surface area contributed by atoms with Crippen LogP contribution in [-0.2, 0) is 0 Å². The Hall–Kier alpha value is 0.495. The monoisotopic (exact) mass is 185 g/mol. The van der Waals surface area contributed by atoms with E-state index in [0.717, 1.165) is 23.4 Å². The van der Waals surface area contributed by atoms with Crippen LogP contribution >= 0.6 is 8.46 Å². The van der Waals surface area contributed by atoms with Crippen molar-refractivity contribution in [3.8, 4) is 0 Å². The summed E-state index contributed by atoms with van der Waals surface area (Å²) in [4.78, 5) is 0. The molecule has 1 aliphatic rings. The molecule has 2 heteroatoms. The fourth-order valence-corrected chi connectivity index (χ4v) is 3.16. The zero-order chi connectivity index (χ0) is 9.14. The van der Waals surface area contributed by atoms with Crippen LogP contribution in [0.25, 0.3) is 0 Å². The van der Waals surface area contributed by atoms with Crippen LogP contribution in [0.5, 0.6) is 0 Å².